The number of benzene rings is 4. The average molecular weight is 308 g/mol. The van der Waals surface area contributed by atoms with E-state index in [1.54, 1.807) is 0 Å². The molecule has 0 atom stereocenters. The second kappa shape index (κ2) is 4.93. The van der Waals surface area contributed by atoms with Crippen LogP contribution in [0.3, 0.4) is 0 Å². The van der Waals surface area contributed by atoms with Crippen LogP contribution in [0.25, 0.3) is 44.0 Å². The Balaban J connectivity index is 1.71. The van der Waals surface area contributed by atoms with Crippen LogP contribution in [-0.2, 0) is 0 Å². The molecule has 1 aromatic heterocycles. The van der Waals surface area contributed by atoms with Crippen LogP contribution in [0.5, 0.6) is 0 Å². The van der Waals surface area contributed by atoms with Crippen molar-refractivity contribution in [3.63, 3.8) is 0 Å². The largest absolute Gasteiger partial charge is 0.338 e. The lowest BCUT2D eigenvalue weighted by molar-refractivity contribution is 1.34. The summed E-state index contributed by atoms with van der Waals surface area (Å²) >= 11 is 0. The van der Waals surface area contributed by atoms with Crippen LogP contribution >= 0.6 is 0 Å². The Morgan fingerprint density at radius 2 is 1.46 bits per heavy atom. The normalized spacial score (nSPS) is 11.5. The minimum atomic E-state index is 0.922. The zero-order valence-corrected chi connectivity index (χ0v) is 13.4. The number of H-pyrrole nitrogens is 1. The highest BCUT2D eigenvalue weighted by atomic mass is 14.9. The Hall–Kier alpha value is -3.13. The van der Waals surface area contributed by atoms with E-state index in [1.165, 1.54) is 27.1 Å². The maximum absolute atomic E-state index is 4.74. The van der Waals surface area contributed by atoms with E-state index in [1.807, 2.05) is 0 Å². The molecule has 2 heteroatoms. The van der Waals surface area contributed by atoms with Crippen LogP contribution < -0.4 is 0 Å². The molecular formula is C22H16N2. The second-order valence-electron chi connectivity index (χ2n) is 6.37. The van der Waals surface area contributed by atoms with Crippen LogP contribution in [0.2, 0.25) is 0 Å². The smallest absolute Gasteiger partial charge is 0.138 e. The number of aromatic nitrogens is 2. The van der Waals surface area contributed by atoms with Gasteiger partial charge in [0.2, 0.25) is 0 Å². The van der Waals surface area contributed by atoms with Gasteiger partial charge in [-0.15, -0.1) is 0 Å². The maximum Gasteiger partial charge on any atom is 0.138 e. The molecule has 0 saturated heterocycles. The maximum atomic E-state index is 4.74. The minimum absolute atomic E-state index is 0.922. The number of nitrogens with zero attached hydrogens (tertiary/aromatic N) is 1. The number of hydrogen-bond acceptors (Lipinski definition) is 1. The fraction of sp³-hybridized carbons (Fsp3) is 0.0455. The molecule has 5 rings (SSSR count). The van der Waals surface area contributed by atoms with Gasteiger partial charge in [0, 0.05) is 5.56 Å². The molecule has 0 aliphatic rings. The van der Waals surface area contributed by atoms with Gasteiger partial charge in [0.25, 0.3) is 0 Å². The number of rotatable bonds is 1. The summed E-state index contributed by atoms with van der Waals surface area (Å²) in [5, 5.41) is 5.03. The van der Waals surface area contributed by atoms with Crippen LogP contribution in [0.15, 0.2) is 72.8 Å². The molecule has 0 aliphatic carbocycles. The molecule has 0 aliphatic heterocycles. The first kappa shape index (κ1) is 13.3. The van der Waals surface area contributed by atoms with Crippen LogP contribution in [0, 0.1) is 6.92 Å². The van der Waals surface area contributed by atoms with Gasteiger partial charge < -0.3 is 4.98 Å². The fourth-order valence-corrected chi connectivity index (χ4v) is 3.35. The summed E-state index contributed by atoms with van der Waals surface area (Å²) in [5.41, 5.74) is 4.45. The molecule has 0 saturated carbocycles. The zero-order chi connectivity index (χ0) is 16.1. The third-order valence-corrected chi connectivity index (χ3v) is 4.62. The molecule has 114 valence electrons. The summed E-state index contributed by atoms with van der Waals surface area (Å²) in [6.07, 6.45) is 0. The monoisotopic (exact) mass is 308 g/mol. The van der Waals surface area contributed by atoms with E-state index in [0.29, 0.717) is 0 Å². The number of nitrogens with one attached hydrogen (secondary N) is 1. The fourth-order valence-electron chi connectivity index (χ4n) is 3.35. The molecule has 2 nitrogen and oxygen atoms in total. The molecule has 1 heterocycles. The van der Waals surface area contributed by atoms with Gasteiger partial charge in [0.05, 0.1) is 11.0 Å². The quantitative estimate of drug-likeness (QED) is 0.387. The minimum Gasteiger partial charge on any atom is -0.338 e. The number of fused-ring (bicyclic) bond motifs is 3. The van der Waals surface area contributed by atoms with Crippen molar-refractivity contribution < 1.29 is 0 Å². The summed E-state index contributed by atoms with van der Waals surface area (Å²) in [6.45, 7) is 2.10. The summed E-state index contributed by atoms with van der Waals surface area (Å²) in [4.78, 5) is 8.18. The van der Waals surface area contributed by atoms with Gasteiger partial charge in [0.1, 0.15) is 5.82 Å². The Morgan fingerprint density at radius 3 is 2.29 bits per heavy atom. The Labute approximate surface area is 139 Å². The van der Waals surface area contributed by atoms with Crippen molar-refractivity contribution in [2.24, 2.45) is 0 Å². The Morgan fingerprint density at radius 1 is 0.708 bits per heavy atom. The molecular weight excluding hydrogens is 292 g/mol. The topological polar surface area (TPSA) is 28.7 Å². The van der Waals surface area contributed by atoms with Crippen LogP contribution in [0.1, 0.15) is 5.56 Å². The highest BCUT2D eigenvalue weighted by molar-refractivity contribution is 5.99. The van der Waals surface area contributed by atoms with Gasteiger partial charge in [-0.3, -0.25) is 0 Å². The lowest BCUT2D eigenvalue weighted by Gasteiger charge is -2.04. The Bertz CT molecular complexity index is 1210. The molecule has 24 heavy (non-hydrogen) atoms. The molecule has 0 spiro atoms. The van der Waals surface area contributed by atoms with Gasteiger partial charge in [-0.25, -0.2) is 4.98 Å². The van der Waals surface area contributed by atoms with E-state index >= 15 is 0 Å². The molecule has 0 radical (unpaired) electrons. The highest BCUT2D eigenvalue weighted by Crippen LogP contribution is 2.28. The summed E-state index contributed by atoms with van der Waals surface area (Å²) in [7, 11) is 0. The molecule has 4 aromatic carbocycles. The summed E-state index contributed by atoms with van der Waals surface area (Å²) in [5.74, 6) is 0.922. The van der Waals surface area contributed by atoms with E-state index < -0.39 is 0 Å². The summed E-state index contributed by atoms with van der Waals surface area (Å²) < 4.78 is 0. The first-order valence-electron chi connectivity index (χ1n) is 8.16. The third kappa shape index (κ3) is 2.08. The SMILES string of the molecule is Cc1ccc2nc(-c3ccc4cc5ccccc5cc4c3)[nH]c2c1. The van der Waals surface area contributed by atoms with Crippen molar-refractivity contribution >= 4 is 32.6 Å². The lowest BCUT2D eigenvalue weighted by atomic mass is 10.0. The lowest BCUT2D eigenvalue weighted by Crippen LogP contribution is -1.82. The van der Waals surface area contributed by atoms with Crippen molar-refractivity contribution in [3.05, 3.63) is 78.4 Å². The van der Waals surface area contributed by atoms with Gasteiger partial charge in [-0.1, -0.05) is 42.5 Å². The average Bonchev–Trinajstić information content (AvgIpc) is 3.02. The second-order valence-corrected chi connectivity index (χ2v) is 6.37. The molecule has 0 fully saturated rings. The predicted octanol–water partition coefficient (Wildman–Crippen LogP) is 5.84. The summed E-state index contributed by atoms with van der Waals surface area (Å²) in [6, 6.07) is 25.8. The van der Waals surface area contributed by atoms with Crippen molar-refractivity contribution in [2.45, 2.75) is 6.92 Å². The number of aryl methyl sites for hydroxylation is 1. The van der Waals surface area contributed by atoms with Crippen molar-refractivity contribution in [3.8, 4) is 11.4 Å². The van der Waals surface area contributed by atoms with E-state index in [0.717, 1.165) is 22.4 Å². The van der Waals surface area contributed by atoms with Gasteiger partial charge in [-0.2, -0.15) is 0 Å². The Kier molecular flexibility index (Phi) is 2.74. The van der Waals surface area contributed by atoms with Crippen LogP contribution in [-0.4, -0.2) is 9.97 Å². The van der Waals surface area contributed by atoms with E-state index in [-0.39, 0.29) is 0 Å². The van der Waals surface area contributed by atoms with Crippen LogP contribution in [0.4, 0.5) is 0 Å². The van der Waals surface area contributed by atoms with E-state index in [4.69, 9.17) is 4.98 Å². The van der Waals surface area contributed by atoms with E-state index in [2.05, 4.69) is 84.7 Å². The molecule has 0 unspecified atom stereocenters. The van der Waals surface area contributed by atoms with Gasteiger partial charge in [0.15, 0.2) is 0 Å². The standard InChI is InChI=1S/C22H16N2/c1-14-6-9-20-21(10-14)24-22(23-20)18-8-7-17-11-15-4-2-3-5-16(15)12-19(17)13-18/h2-13H,1H3,(H,23,24). The van der Waals surface area contributed by atoms with Crippen molar-refractivity contribution in [1.29, 1.82) is 0 Å². The highest BCUT2D eigenvalue weighted by Gasteiger charge is 2.07. The zero-order valence-electron chi connectivity index (χ0n) is 13.4. The van der Waals surface area contributed by atoms with Gasteiger partial charge in [-0.05, 0) is 64.4 Å². The third-order valence-electron chi connectivity index (χ3n) is 4.62. The molecule has 0 bridgehead atoms. The number of aromatic amines is 1. The van der Waals surface area contributed by atoms with E-state index in [9.17, 15) is 0 Å². The first-order chi connectivity index (χ1) is 11.8. The molecule has 1 N–H and O–H groups in total. The number of hydrogen-bond donors (Lipinski definition) is 1. The van der Waals surface area contributed by atoms with Crippen molar-refractivity contribution in [2.75, 3.05) is 0 Å². The molecule has 5 aromatic rings. The van der Waals surface area contributed by atoms with Gasteiger partial charge >= 0.3 is 0 Å². The predicted molar refractivity (Wildman–Crippen MR) is 101 cm³/mol. The van der Waals surface area contributed by atoms with Crippen molar-refractivity contribution in [1.82, 2.24) is 9.97 Å². The first-order valence-corrected chi connectivity index (χ1v) is 8.16. The molecule has 0 amide bonds. The number of imidazole rings is 1.